The Morgan fingerprint density at radius 1 is 1.45 bits per heavy atom. The zero-order valence-electron chi connectivity index (χ0n) is 10.9. The third-order valence-electron chi connectivity index (χ3n) is 3.78. The lowest BCUT2D eigenvalue weighted by Gasteiger charge is -2.23. The highest BCUT2D eigenvalue weighted by Crippen LogP contribution is 2.25. The van der Waals surface area contributed by atoms with Gasteiger partial charge in [-0.3, -0.25) is 9.78 Å². The van der Waals surface area contributed by atoms with Crippen LogP contribution in [0.25, 0.3) is 10.9 Å². The first-order valence-electron chi connectivity index (χ1n) is 6.67. The fraction of sp³-hybridized carbons (Fsp3) is 0.333. The molecular weight excluding hydrogens is 320 g/mol. The average Bonchev–Trinajstić information content (AvgIpc) is 2.94. The topological polar surface area (TPSA) is 53.4 Å². The Morgan fingerprint density at radius 2 is 2.30 bits per heavy atom. The van der Waals surface area contributed by atoms with Crippen molar-refractivity contribution < 1.29 is 9.90 Å². The van der Waals surface area contributed by atoms with Crippen LogP contribution in [0, 0.1) is 0 Å². The number of fused-ring (bicyclic) bond motifs is 1. The highest BCUT2D eigenvalue weighted by Gasteiger charge is 2.29. The summed E-state index contributed by atoms with van der Waals surface area (Å²) in [5.74, 6) is -0.0212. The molecule has 3 rings (SSSR count). The SMILES string of the molecule is O=C(c1ccnc2ccc(Br)cc12)N1CCC[C@H]1CO. The van der Waals surface area contributed by atoms with Crippen molar-refractivity contribution in [2.24, 2.45) is 0 Å². The predicted molar refractivity (Wildman–Crippen MR) is 80.6 cm³/mol. The van der Waals surface area contributed by atoms with Crippen molar-refractivity contribution in [3.63, 3.8) is 0 Å². The number of carbonyl (C=O) groups is 1. The van der Waals surface area contributed by atoms with Crippen molar-refractivity contribution in [1.29, 1.82) is 0 Å². The van der Waals surface area contributed by atoms with Gasteiger partial charge in [-0.25, -0.2) is 0 Å². The summed E-state index contributed by atoms with van der Waals surface area (Å²) in [5.41, 5.74) is 1.45. The third-order valence-corrected chi connectivity index (χ3v) is 4.28. The molecule has 0 spiro atoms. The minimum Gasteiger partial charge on any atom is -0.394 e. The third kappa shape index (κ3) is 2.31. The Labute approximate surface area is 125 Å². The molecule has 104 valence electrons. The summed E-state index contributed by atoms with van der Waals surface area (Å²) >= 11 is 3.43. The molecule has 1 amide bonds. The average molecular weight is 335 g/mol. The molecule has 1 aromatic heterocycles. The van der Waals surface area contributed by atoms with Crippen molar-refractivity contribution >= 4 is 32.7 Å². The Morgan fingerprint density at radius 3 is 3.10 bits per heavy atom. The summed E-state index contributed by atoms with van der Waals surface area (Å²) in [4.78, 5) is 18.8. The van der Waals surface area contributed by atoms with E-state index in [1.165, 1.54) is 0 Å². The summed E-state index contributed by atoms with van der Waals surface area (Å²) in [6, 6.07) is 7.42. The summed E-state index contributed by atoms with van der Waals surface area (Å²) in [5, 5.41) is 10.2. The molecule has 1 aromatic carbocycles. The minimum atomic E-state index is -0.0575. The smallest absolute Gasteiger partial charge is 0.254 e. The number of carbonyl (C=O) groups excluding carboxylic acids is 1. The number of aliphatic hydroxyl groups is 1. The maximum absolute atomic E-state index is 12.7. The summed E-state index contributed by atoms with van der Waals surface area (Å²) in [7, 11) is 0. The molecule has 4 nitrogen and oxygen atoms in total. The number of benzene rings is 1. The molecule has 1 saturated heterocycles. The molecule has 0 unspecified atom stereocenters. The fourth-order valence-electron chi connectivity index (χ4n) is 2.75. The quantitative estimate of drug-likeness (QED) is 0.918. The van der Waals surface area contributed by atoms with Gasteiger partial charge in [-0.15, -0.1) is 0 Å². The van der Waals surface area contributed by atoms with E-state index in [-0.39, 0.29) is 18.6 Å². The monoisotopic (exact) mass is 334 g/mol. The number of halogens is 1. The van der Waals surface area contributed by atoms with Gasteiger partial charge >= 0.3 is 0 Å². The molecule has 1 atom stereocenters. The Kier molecular flexibility index (Phi) is 3.72. The highest BCUT2D eigenvalue weighted by molar-refractivity contribution is 9.10. The summed E-state index contributed by atoms with van der Waals surface area (Å²) in [6.45, 7) is 0.736. The molecule has 0 bridgehead atoms. The summed E-state index contributed by atoms with van der Waals surface area (Å²) in [6.07, 6.45) is 3.48. The van der Waals surface area contributed by atoms with Crippen molar-refractivity contribution in [3.8, 4) is 0 Å². The minimum absolute atomic E-state index is 0.0212. The number of aliphatic hydroxyl groups excluding tert-OH is 1. The molecule has 5 heteroatoms. The van der Waals surface area contributed by atoms with E-state index in [0.717, 1.165) is 28.2 Å². The number of aromatic nitrogens is 1. The van der Waals surface area contributed by atoms with E-state index < -0.39 is 0 Å². The van der Waals surface area contributed by atoms with Gasteiger partial charge in [-0.05, 0) is 37.1 Å². The highest BCUT2D eigenvalue weighted by atomic mass is 79.9. The van der Waals surface area contributed by atoms with Gasteiger partial charge in [-0.2, -0.15) is 0 Å². The standard InChI is InChI=1S/C15H15BrN2O2/c16-10-3-4-14-13(8-10)12(5-6-17-14)15(20)18-7-1-2-11(18)9-19/h3-6,8,11,19H,1-2,7,9H2/t11-/m0/s1. The number of likely N-dealkylation sites (tertiary alicyclic amines) is 1. The lowest BCUT2D eigenvalue weighted by atomic mass is 10.1. The Balaban J connectivity index is 2.05. The van der Waals surface area contributed by atoms with Crippen molar-refractivity contribution in [2.45, 2.75) is 18.9 Å². The van der Waals surface area contributed by atoms with Crippen LogP contribution in [0.15, 0.2) is 34.9 Å². The van der Waals surface area contributed by atoms with Crippen LogP contribution in [0.1, 0.15) is 23.2 Å². The maximum Gasteiger partial charge on any atom is 0.254 e. The number of amides is 1. The fourth-order valence-corrected chi connectivity index (χ4v) is 3.11. The van der Waals surface area contributed by atoms with Gasteiger partial charge in [-0.1, -0.05) is 15.9 Å². The molecule has 0 saturated carbocycles. The maximum atomic E-state index is 12.7. The van der Waals surface area contributed by atoms with Gasteiger partial charge in [0, 0.05) is 22.6 Å². The second kappa shape index (κ2) is 5.50. The van der Waals surface area contributed by atoms with Gasteiger partial charge in [0.1, 0.15) is 0 Å². The number of hydrogen-bond donors (Lipinski definition) is 1. The molecular formula is C15H15BrN2O2. The van der Waals surface area contributed by atoms with Gasteiger partial charge < -0.3 is 10.0 Å². The first-order valence-corrected chi connectivity index (χ1v) is 7.46. The molecule has 20 heavy (non-hydrogen) atoms. The zero-order valence-corrected chi connectivity index (χ0v) is 12.5. The van der Waals surface area contributed by atoms with Crippen LogP contribution in [0.2, 0.25) is 0 Å². The van der Waals surface area contributed by atoms with Crippen LogP contribution >= 0.6 is 15.9 Å². The van der Waals surface area contributed by atoms with Crippen molar-refractivity contribution in [1.82, 2.24) is 9.88 Å². The van der Waals surface area contributed by atoms with E-state index in [0.29, 0.717) is 12.1 Å². The van der Waals surface area contributed by atoms with Gasteiger partial charge in [0.05, 0.1) is 23.7 Å². The molecule has 0 aliphatic carbocycles. The van der Waals surface area contributed by atoms with E-state index in [1.54, 1.807) is 17.2 Å². The second-order valence-electron chi connectivity index (χ2n) is 5.00. The molecule has 1 aliphatic rings. The molecule has 1 fully saturated rings. The molecule has 2 heterocycles. The largest absolute Gasteiger partial charge is 0.394 e. The Hall–Kier alpha value is -1.46. The van der Waals surface area contributed by atoms with Gasteiger partial charge in [0.2, 0.25) is 0 Å². The first-order chi connectivity index (χ1) is 9.70. The molecule has 0 radical (unpaired) electrons. The van der Waals surface area contributed by atoms with Crippen molar-refractivity contribution in [3.05, 3.63) is 40.5 Å². The normalized spacial score (nSPS) is 18.7. The molecule has 2 aromatic rings. The van der Waals surface area contributed by atoms with Crippen LogP contribution in [0.3, 0.4) is 0 Å². The second-order valence-corrected chi connectivity index (χ2v) is 5.91. The van der Waals surface area contributed by atoms with E-state index in [4.69, 9.17) is 0 Å². The number of nitrogens with zero attached hydrogens (tertiary/aromatic N) is 2. The number of hydrogen-bond acceptors (Lipinski definition) is 3. The predicted octanol–water partition coefficient (Wildman–Crippen LogP) is 2.59. The van der Waals surface area contributed by atoms with E-state index in [2.05, 4.69) is 20.9 Å². The first kappa shape index (κ1) is 13.5. The van der Waals surface area contributed by atoms with Crippen LogP contribution in [-0.4, -0.2) is 40.1 Å². The van der Waals surface area contributed by atoms with Crippen LogP contribution < -0.4 is 0 Å². The van der Waals surface area contributed by atoms with E-state index in [1.807, 2.05) is 18.2 Å². The lowest BCUT2D eigenvalue weighted by Crippen LogP contribution is -2.37. The number of pyridine rings is 1. The molecule has 1 aliphatic heterocycles. The van der Waals surface area contributed by atoms with E-state index in [9.17, 15) is 9.90 Å². The zero-order chi connectivity index (χ0) is 14.1. The van der Waals surface area contributed by atoms with E-state index >= 15 is 0 Å². The Bertz CT molecular complexity index is 659. The molecule has 1 N–H and O–H groups in total. The lowest BCUT2D eigenvalue weighted by molar-refractivity contribution is 0.0679. The van der Waals surface area contributed by atoms with Crippen LogP contribution in [-0.2, 0) is 0 Å². The van der Waals surface area contributed by atoms with Crippen molar-refractivity contribution in [2.75, 3.05) is 13.2 Å². The number of rotatable bonds is 2. The van der Waals surface area contributed by atoms with Gasteiger partial charge in [0.25, 0.3) is 5.91 Å². The van der Waals surface area contributed by atoms with Gasteiger partial charge in [0.15, 0.2) is 0 Å². The summed E-state index contributed by atoms with van der Waals surface area (Å²) < 4.78 is 0.923. The van der Waals surface area contributed by atoms with Crippen LogP contribution in [0.5, 0.6) is 0 Å². The van der Waals surface area contributed by atoms with Crippen LogP contribution in [0.4, 0.5) is 0 Å².